The highest BCUT2D eigenvalue weighted by Gasteiger charge is 2.13. The maximum Gasteiger partial charge on any atom is 0.228 e. The van der Waals surface area contributed by atoms with Gasteiger partial charge >= 0.3 is 0 Å². The number of methoxy groups -OCH3 is 1. The van der Waals surface area contributed by atoms with Crippen LogP contribution >= 0.6 is 0 Å². The molecule has 1 aromatic carbocycles. The summed E-state index contributed by atoms with van der Waals surface area (Å²) in [6, 6.07) is 7.33. The first-order chi connectivity index (χ1) is 12.1. The molecule has 3 aromatic rings. The maximum atomic E-state index is 12.2. The summed E-state index contributed by atoms with van der Waals surface area (Å²) in [4.78, 5) is 16.5. The van der Waals surface area contributed by atoms with E-state index in [9.17, 15) is 4.79 Å². The van der Waals surface area contributed by atoms with Gasteiger partial charge in [0.25, 0.3) is 0 Å². The van der Waals surface area contributed by atoms with E-state index in [4.69, 9.17) is 9.26 Å². The fraction of sp³-hybridized carbons (Fsp3) is 0.294. The Morgan fingerprint density at radius 3 is 2.68 bits per heavy atom. The third-order valence-corrected chi connectivity index (χ3v) is 3.76. The Labute approximate surface area is 144 Å². The second-order valence-electron chi connectivity index (χ2n) is 5.64. The molecule has 0 bridgehead atoms. The van der Waals surface area contributed by atoms with Crippen molar-refractivity contribution in [1.29, 1.82) is 0 Å². The normalized spacial score (nSPS) is 10.8. The van der Waals surface area contributed by atoms with Crippen LogP contribution in [0.25, 0.3) is 11.4 Å². The number of carbonyl (C=O) groups is 1. The van der Waals surface area contributed by atoms with Gasteiger partial charge in [-0.25, -0.2) is 4.98 Å². The van der Waals surface area contributed by atoms with Crippen molar-refractivity contribution in [3.8, 4) is 11.4 Å². The second-order valence-corrected chi connectivity index (χ2v) is 5.64. The van der Waals surface area contributed by atoms with Crippen LogP contribution in [-0.2, 0) is 22.6 Å². The van der Waals surface area contributed by atoms with Crippen LogP contribution in [0, 0.1) is 13.8 Å². The lowest BCUT2D eigenvalue weighted by atomic mass is 10.1. The average Bonchev–Trinajstić information content (AvgIpc) is 3.18. The summed E-state index contributed by atoms with van der Waals surface area (Å²) in [6.45, 7) is 4.00. The summed E-state index contributed by atoms with van der Waals surface area (Å²) in [5, 5.41) is 13.7. The minimum absolute atomic E-state index is 0.123. The lowest BCUT2D eigenvalue weighted by Crippen LogP contribution is -2.15. The third-order valence-electron chi connectivity index (χ3n) is 3.76. The first-order valence-electron chi connectivity index (χ1n) is 7.79. The Kier molecular flexibility index (Phi) is 4.90. The molecule has 2 aromatic heterocycles. The van der Waals surface area contributed by atoms with Crippen molar-refractivity contribution in [2.75, 3.05) is 12.4 Å². The summed E-state index contributed by atoms with van der Waals surface area (Å²) in [5.41, 5.74) is 3.11. The molecule has 1 amide bonds. The molecule has 8 nitrogen and oxygen atoms in total. The molecule has 0 spiro atoms. The van der Waals surface area contributed by atoms with Gasteiger partial charge in [-0.05, 0) is 38.1 Å². The summed E-state index contributed by atoms with van der Waals surface area (Å²) >= 11 is 0. The van der Waals surface area contributed by atoms with Gasteiger partial charge in [0.05, 0.1) is 12.1 Å². The number of rotatable bonds is 6. The molecule has 130 valence electrons. The zero-order valence-corrected chi connectivity index (χ0v) is 14.3. The molecule has 0 saturated heterocycles. The fourth-order valence-corrected chi connectivity index (χ4v) is 2.45. The van der Waals surface area contributed by atoms with Crippen molar-refractivity contribution >= 4 is 11.6 Å². The lowest BCUT2D eigenvalue weighted by molar-refractivity contribution is -0.115. The molecule has 0 radical (unpaired) electrons. The Morgan fingerprint density at radius 1 is 1.28 bits per heavy atom. The highest BCUT2D eigenvalue weighted by molar-refractivity contribution is 5.92. The average molecular weight is 341 g/mol. The quantitative estimate of drug-likeness (QED) is 0.713. The van der Waals surface area contributed by atoms with E-state index < -0.39 is 0 Å². The highest BCUT2D eigenvalue weighted by atomic mass is 16.5. The number of ether oxygens (including phenoxy) is 1. The van der Waals surface area contributed by atoms with Gasteiger partial charge in [-0.1, -0.05) is 5.16 Å². The smallest absolute Gasteiger partial charge is 0.228 e. The van der Waals surface area contributed by atoms with E-state index in [1.165, 1.54) is 0 Å². The fourth-order valence-electron chi connectivity index (χ4n) is 2.45. The predicted octanol–water partition coefficient (Wildman–Crippen LogP) is 2.40. The van der Waals surface area contributed by atoms with Crippen molar-refractivity contribution in [3.63, 3.8) is 0 Å². The minimum Gasteiger partial charge on any atom is -0.377 e. The first-order valence-corrected chi connectivity index (χ1v) is 7.79. The number of amides is 1. The minimum atomic E-state index is -0.123. The van der Waals surface area contributed by atoms with E-state index >= 15 is 0 Å². The molecule has 0 aliphatic carbocycles. The molecule has 2 heterocycles. The van der Waals surface area contributed by atoms with Gasteiger partial charge in [0.2, 0.25) is 5.91 Å². The first kappa shape index (κ1) is 16.8. The molecule has 0 aliphatic rings. The van der Waals surface area contributed by atoms with Gasteiger partial charge in [-0.15, -0.1) is 0 Å². The Hall–Kier alpha value is -3.00. The highest BCUT2D eigenvalue weighted by Crippen LogP contribution is 2.19. The van der Waals surface area contributed by atoms with E-state index in [-0.39, 0.29) is 12.3 Å². The van der Waals surface area contributed by atoms with Crippen LogP contribution in [-0.4, -0.2) is 33.4 Å². The van der Waals surface area contributed by atoms with Crippen molar-refractivity contribution in [1.82, 2.24) is 20.3 Å². The third kappa shape index (κ3) is 3.92. The molecule has 0 atom stereocenters. The van der Waals surface area contributed by atoms with Crippen molar-refractivity contribution in [3.05, 3.63) is 47.1 Å². The monoisotopic (exact) mass is 341 g/mol. The van der Waals surface area contributed by atoms with Crippen LogP contribution < -0.4 is 5.32 Å². The Morgan fingerprint density at radius 2 is 2.04 bits per heavy atom. The summed E-state index contributed by atoms with van der Waals surface area (Å²) in [6.07, 6.45) is 0.226. The molecule has 3 rings (SSSR count). The molecule has 0 saturated carbocycles. The van der Waals surface area contributed by atoms with Gasteiger partial charge in [-0.2, -0.15) is 5.10 Å². The maximum absolute atomic E-state index is 12.2. The topological polar surface area (TPSA) is 106 Å². The van der Waals surface area contributed by atoms with E-state index in [1.54, 1.807) is 14.0 Å². The number of hydrogen-bond donors (Lipinski definition) is 2. The predicted molar refractivity (Wildman–Crippen MR) is 90.8 cm³/mol. The standard InChI is InChI=1S/C17H19N5O3/c1-10-14(11(2)25-22-10)8-16(23)18-13-6-4-12(5-7-13)17-19-15(9-24-3)20-21-17/h4-7H,8-9H2,1-3H3,(H,18,23)(H,19,20,21). The molecule has 0 unspecified atom stereocenters. The van der Waals surface area contributed by atoms with Gasteiger partial charge in [-0.3, -0.25) is 9.89 Å². The number of benzene rings is 1. The molecular weight excluding hydrogens is 322 g/mol. The number of aromatic nitrogens is 4. The summed E-state index contributed by atoms with van der Waals surface area (Å²) in [5.74, 6) is 1.79. The number of H-pyrrole nitrogens is 1. The lowest BCUT2D eigenvalue weighted by Gasteiger charge is -2.05. The van der Waals surface area contributed by atoms with E-state index in [1.807, 2.05) is 31.2 Å². The van der Waals surface area contributed by atoms with Gasteiger partial charge in [0, 0.05) is 23.9 Å². The Balaban J connectivity index is 1.65. The molecule has 25 heavy (non-hydrogen) atoms. The number of aromatic amines is 1. The van der Waals surface area contributed by atoms with E-state index in [0.717, 1.165) is 16.8 Å². The van der Waals surface area contributed by atoms with E-state index in [2.05, 4.69) is 25.7 Å². The number of nitrogens with zero attached hydrogens (tertiary/aromatic N) is 3. The number of anilines is 1. The summed E-state index contributed by atoms with van der Waals surface area (Å²) in [7, 11) is 1.60. The second kappa shape index (κ2) is 7.27. The SMILES string of the molecule is COCc1nc(-c2ccc(NC(=O)Cc3c(C)noc3C)cc2)n[nH]1. The van der Waals surface area contributed by atoms with Gasteiger partial charge < -0.3 is 14.6 Å². The van der Waals surface area contributed by atoms with Crippen LogP contribution in [0.3, 0.4) is 0 Å². The number of hydrogen-bond acceptors (Lipinski definition) is 6. The van der Waals surface area contributed by atoms with Crippen LogP contribution in [0.4, 0.5) is 5.69 Å². The molecule has 2 N–H and O–H groups in total. The largest absolute Gasteiger partial charge is 0.377 e. The van der Waals surface area contributed by atoms with Crippen molar-refractivity contribution in [2.45, 2.75) is 26.9 Å². The Bertz CT molecular complexity index is 847. The number of nitrogens with one attached hydrogen (secondary N) is 2. The zero-order chi connectivity index (χ0) is 17.8. The zero-order valence-electron chi connectivity index (χ0n) is 14.3. The number of aryl methyl sites for hydroxylation is 2. The van der Waals surface area contributed by atoms with Crippen LogP contribution in [0.5, 0.6) is 0 Å². The number of carbonyl (C=O) groups excluding carboxylic acids is 1. The van der Waals surface area contributed by atoms with Crippen molar-refractivity contribution in [2.24, 2.45) is 0 Å². The van der Waals surface area contributed by atoms with E-state index in [0.29, 0.717) is 29.7 Å². The van der Waals surface area contributed by atoms with Crippen LogP contribution in [0.15, 0.2) is 28.8 Å². The molecule has 8 heteroatoms. The summed E-state index contributed by atoms with van der Waals surface area (Å²) < 4.78 is 10.1. The molecule has 0 aliphatic heterocycles. The van der Waals surface area contributed by atoms with Gasteiger partial charge in [0.15, 0.2) is 11.6 Å². The van der Waals surface area contributed by atoms with Crippen molar-refractivity contribution < 1.29 is 14.1 Å². The molecule has 0 fully saturated rings. The molecular formula is C17H19N5O3. The van der Waals surface area contributed by atoms with Crippen LogP contribution in [0.2, 0.25) is 0 Å². The van der Waals surface area contributed by atoms with Gasteiger partial charge in [0.1, 0.15) is 12.4 Å². The van der Waals surface area contributed by atoms with Crippen LogP contribution in [0.1, 0.15) is 22.8 Å².